The Hall–Kier alpha value is -2.76. The molecule has 0 radical (unpaired) electrons. The van der Waals surface area contributed by atoms with Gasteiger partial charge in [-0.1, -0.05) is 6.07 Å². The molecule has 0 fully saturated rings. The van der Waals surface area contributed by atoms with Gasteiger partial charge in [-0.25, -0.2) is 4.79 Å². The zero-order valence-corrected chi connectivity index (χ0v) is 8.93. The van der Waals surface area contributed by atoms with Crippen LogP contribution in [-0.2, 0) is 0 Å². The van der Waals surface area contributed by atoms with E-state index in [9.17, 15) is 19.5 Å². The summed E-state index contributed by atoms with van der Waals surface area (Å²) in [6, 6.07) is 4.56. The fourth-order valence-electron chi connectivity index (χ4n) is 2.09. The second-order valence-electron chi connectivity index (χ2n) is 3.83. The van der Waals surface area contributed by atoms with Crippen molar-refractivity contribution in [3.8, 4) is 0 Å². The van der Waals surface area contributed by atoms with E-state index in [0.29, 0.717) is 10.9 Å². The molecule has 18 heavy (non-hydrogen) atoms. The van der Waals surface area contributed by atoms with Gasteiger partial charge in [0.15, 0.2) is 0 Å². The highest BCUT2D eigenvalue weighted by Gasteiger charge is 2.33. The van der Waals surface area contributed by atoms with E-state index >= 15 is 0 Å². The lowest BCUT2D eigenvalue weighted by Gasteiger charge is -2.05. The van der Waals surface area contributed by atoms with E-state index in [0.717, 1.165) is 0 Å². The summed E-state index contributed by atoms with van der Waals surface area (Å²) in [5, 5.41) is 11.7. The number of hydrogen-bond acceptors (Lipinski definition) is 4. The standard InChI is InChI=1S/C12H6N2O4/c15-10-6-4-7-5(2-1-3-13-7)9(12(17)18)8(6)11(16)14-10/h1-4H,(H,17,18)(H,14,15,16). The molecule has 0 saturated heterocycles. The molecule has 0 spiro atoms. The molecule has 1 aliphatic rings. The van der Waals surface area contributed by atoms with Crippen molar-refractivity contribution in [3.63, 3.8) is 0 Å². The first kappa shape index (κ1) is 10.4. The number of benzene rings is 1. The monoisotopic (exact) mass is 242 g/mol. The first-order valence-electron chi connectivity index (χ1n) is 5.10. The summed E-state index contributed by atoms with van der Waals surface area (Å²) in [5.41, 5.74) is 0.161. The van der Waals surface area contributed by atoms with Crippen LogP contribution in [0.2, 0.25) is 0 Å². The van der Waals surface area contributed by atoms with Gasteiger partial charge in [-0.05, 0) is 12.1 Å². The summed E-state index contributed by atoms with van der Waals surface area (Å²) in [5.74, 6) is -2.53. The van der Waals surface area contributed by atoms with E-state index in [1.807, 2.05) is 0 Å². The molecule has 0 atom stereocenters. The van der Waals surface area contributed by atoms with Crippen molar-refractivity contribution in [2.24, 2.45) is 0 Å². The van der Waals surface area contributed by atoms with E-state index in [4.69, 9.17) is 0 Å². The Morgan fingerprint density at radius 1 is 1.28 bits per heavy atom. The number of fused-ring (bicyclic) bond motifs is 2. The van der Waals surface area contributed by atoms with Crippen molar-refractivity contribution < 1.29 is 19.5 Å². The maximum atomic E-state index is 11.6. The number of amides is 2. The van der Waals surface area contributed by atoms with Crippen molar-refractivity contribution in [1.82, 2.24) is 10.3 Å². The molecule has 0 bridgehead atoms. The number of carboxylic acid groups (broad SMARTS) is 1. The molecule has 1 aromatic carbocycles. The lowest BCUT2D eigenvalue weighted by molar-refractivity contribution is 0.0693. The number of carbonyl (C=O) groups is 3. The van der Waals surface area contributed by atoms with Gasteiger partial charge in [-0.15, -0.1) is 0 Å². The summed E-state index contributed by atoms with van der Waals surface area (Å²) in [6.45, 7) is 0. The van der Waals surface area contributed by atoms with Crippen LogP contribution in [0.5, 0.6) is 0 Å². The Kier molecular flexibility index (Phi) is 1.94. The van der Waals surface area contributed by atoms with Gasteiger partial charge in [-0.2, -0.15) is 0 Å². The number of aromatic carboxylic acids is 1. The lowest BCUT2D eigenvalue weighted by atomic mass is 9.97. The Morgan fingerprint density at radius 2 is 2.06 bits per heavy atom. The van der Waals surface area contributed by atoms with Crippen LogP contribution in [0.15, 0.2) is 24.4 Å². The molecular weight excluding hydrogens is 236 g/mol. The summed E-state index contributed by atoms with van der Waals surface area (Å²) >= 11 is 0. The van der Waals surface area contributed by atoms with Crippen molar-refractivity contribution >= 4 is 28.7 Å². The van der Waals surface area contributed by atoms with Gasteiger partial charge in [0.2, 0.25) is 0 Å². The number of nitrogens with one attached hydrogen (secondary N) is 1. The molecule has 0 aliphatic carbocycles. The molecule has 2 N–H and O–H groups in total. The van der Waals surface area contributed by atoms with Gasteiger partial charge in [0, 0.05) is 11.6 Å². The molecule has 6 nitrogen and oxygen atoms in total. The van der Waals surface area contributed by atoms with E-state index < -0.39 is 17.8 Å². The molecule has 2 amide bonds. The largest absolute Gasteiger partial charge is 0.478 e. The molecular formula is C12H6N2O4. The summed E-state index contributed by atoms with van der Waals surface area (Å²) < 4.78 is 0. The average Bonchev–Trinajstić information content (AvgIpc) is 2.62. The minimum atomic E-state index is -1.25. The van der Waals surface area contributed by atoms with Gasteiger partial charge >= 0.3 is 5.97 Å². The van der Waals surface area contributed by atoms with Gasteiger partial charge in [-0.3, -0.25) is 19.9 Å². The highest BCUT2D eigenvalue weighted by molar-refractivity contribution is 6.27. The minimum absolute atomic E-state index is 0.0589. The summed E-state index contributed by atoms with van der Waals surface area (Å²) in [4.78, 5) is 38.5. The van der Waals surface area contributed by atoms with Crippen LogP contribution < -0.4 is 5.32 Å². The van der Waals surface area contributed by atoms with Gasteiger partial charge in [0.1, 0.15) is 0 Å². The van der Waals surface area contributed by atoms with Crippen LogP contribution in [0.4, 0.5) is 0 Å². The predicted octanol–water partition coefficient (Wildman–Crippen LogP) is 0.817. The normalized spacial score (nSPS) is 13.6. The number of aromatic nitrogens is 1. The zero-order valence-electron chi connectivity index (χ0n) is 8.93. The van der Waals surface area contributed by atoms with Crippen LogP contribution in [0, 0.1) is 0 Å². The molecule has 1 aliphatic heterocycles. The van der Waals surface area contributed by atoms with Crippen molar-refractivity contribution in [2.45, 2.75) is 0 Å². The third kappa shape index (κ3) is 1.22. The highest BCUT2D eigenvalue weighted by Crippen LogP contribution is 2.27. The summed E-state index contributed by atoms with van der Waals surface area (Å²) in [7, 11) is 0. The van der Waals surface area contributed by atoms with Crippen molar-refractivity contribution in [2.75, 3.05) is 0 Å². The quantitative estimate of drug-likeness (QED) is 0.721. The van der Waals surface area contributed by atoms with E-state index in [2.05, 4.69) is 10.3 Å². The van der Waals surface area contributed by atoms with Crippen LogP contribution in [0.3, 0.4) is 0 Å². The second kappa shape index (κ2) is 3.36. The van der Waals surface area contributed by atoms with Gasteiger partial charge in [0.25, 0.3) is 11.8 Å². The minimum Gasteiger partial charge on any atom is -0.478 e. The molecule has 0 saturated carbocycles. The molecule has 0 unspecified atom stereocenters. The topological polar surface area (TPSA) is 96.4 Å². The SMILES string of the molecule is O=C1NC(=O)c2c1cc1ncccc1c2C(=O)O. The Morgan fingerprint density at radius 3 is 2.78 bits per heavy atom. The maximum absolute atomic E-state index is 11.6. The van der Waals surface area contributed by atoms with E-state index in [1.54, 1.807) is 12.1 Å². The van der Waals surface area contributed by atoms with Crippen LogP contribution in [0.1, 0.15) is 31.1 Å². The van der Waals surface area contributed by atoms with Crippen LogP contribution >= 0.6 is 0 Å². The number of carboxylic acids is 1. The summed E-state index contributed by atoms with van der Waals surface area (Å²) in [6.07, 6.45) is 1.50. The number of pyridine rings is 1. The Balaban J connectivity index is 2.54. The van der Waals surface area contributed by atoms with Crippen molar-refractivity contribution in [1.29, 1.82) is 0 Å². The molecule has 6 heteroatoms. The average molecular weight is 242 g/mol. The molecule has 1 aromatic heterocycles. The van der Waals surface area contributed by atoms with Crippen molar-refractivity contribution in [3.05, 3.63) is 41.1 Å². The first-order valence-corrected chi connectivity index (χ1v) is 5.10. The number of rotatable bonds is 1. The zero-order chi connectivity index (χ0) is 12.9. The smallest absolute Gasteiger partial charge is 0.337 e. The molecule has 3 rings (SSSR count). The predicted molar refractivity (Wildman–Crippen MR) is 60.5 cm³/mol. The molecule has 2 aromatic rings. The third-order valence-electron chi connectivity index (χ3n) is 2.82. The maximum Gasteiger partial charge on any atom is 0.337 e. The number of imide groups is 1. The second-order valence-corrected chi connectivity index (χ2v) is 3.83. The van der Waals surface area contributed by atoms with Gasteiger partial charge < -0.3 is 5.11 Å². The fourth-order valence-corrected chi connectivity index (χ4v) is 2.09. The Bertz CT molecular complexity index is 736. The lowest BCUT2D eigenvalue weighted by Crippen LogP contribution is -2.20. The molecule has 88 valence electrons. The number of hydrogen-bond donors (Lipinski definition) is 2. The number of nitrogens with zero attached hydrogens (tertiary/aromatic N) is 1. The van der Waals surface area contributed by atoms with Gasteiger partial charge in [0.05, 0.1) is 22.2 Å². The first-order chi connectivity index (χ1) is 8.59. The third-order valence-corrected chi connectivity index (χ3v) is 2.82. The highest BCUT2D eigenvalue weighted by atomic mass is 16.4. The van der Waals surface area contributed by atoms with Crippen LogP contribution in [0.25, 0.3) is 10.9 Å². The van der Waals surface area contributed by atoms with Crippen LogP contribution in [-0.4, -0.2) is 27.9 Å². The Labute approximate surface area is 100 Å². The number of carbonyl (C=O) groups excluding carboxylic acids is 2. The molecule has 2 heterocycles. The van der Waals surface area contributed by atoms with E-state index in [-0.39, 0.29) is 16.7 Å². The fraction of sp³-hybridized carbons (Fsp3) is 0. The van der Waals surface area contributed by atoms with E-state index in [1.165, 1.54) is 12.3 Å².